The van der Waals surface area contributed by atoms with Gasteiger partial charge in [0, 0.05) is 12.6 Å². The molecule has 0 aliphatic carbocycles. The lowest BCUT2D eigenvalue weighted by atomic mass is 10.1. The van der Waals surface area contributed by atoms with Crippen LogP contribution in [0.1, 0.15) is 30.3 Å². The van der Waals surface area contributed by atoms with Crippen molar-refractivity contribution in [3.05, 3.63) is 42.2 Å². The van der Waals surface area contributed by atoms with Gasteiger partial charge in [-0.3, -0.25) is 4.79 Å². The van der Waals surface area contributed by atoms with E-state index in [9.17, 15) is 4.79 Å². The van der Waals surface area contributed by atoms with Crippen LogP contribution in [0.2, 0.25) is 0 Å². The predicted octanol–water partition coefficient (Wildman–Crippen LogP) is 1.16. The highest BCUT2D eigenvalue weighted by Crippen LogP contribution is 2.05. The van der Waals surface area contributed by atoms with Crippen molar-refractivity contribution >= 4 is 5.91 Å². The monoisotopic (exact) mass is 274 g/mol. The lowest BCUT2D eigenvalue weighted by Crippen LogP contribution is -2.35. The molecule has 0 aliphatic heterocycles. The SMILES string of the molecule is CCC(CCO)NC(=O)c1cnn(-c2ccccc2)n1. The van der Waals surface area contributed by atoms with Gasteiger partial charge in [0.15, 0.2) is 5.69 Å². The van der Waals surface area contributed by atoms with Gasteiger partial charge in [0.05, 0.1) is 11.9 Å². The Bertz CT molecular complexity index is 553. The van der Waals surface area contributed by atoms with E-state index in [0.29, 0.717) is 6.42 Å². The molecule has 2 rings (SSSR count). The fraction of sp³-hybridized carbons (Fsp3) is 0.357. The molecule has 0 radical (unpaired) electrons. The van der Waals surface area contributed by atoms with E-state index in [0.717, 1.165) is 12.1 Å². The molecule has 0 saturated carbocycles. The molecule has 0 spiro atoms. The van der Waals surface area contributed by atoms with Crippen LogP contribution in [-0.2, 0) is 0 Å². The summed E-state index contributed by atoms with van der Waals surface area (Å²) < 4.78 is 0. The molecule has 20 heavy (non-hydrogen) atoms. The topological polar surface area (TPSA) is 80.0 Å². The molecular weight excluding hydrogens is 256 g/mol. The predicted molar refractivity (Wildman–Crippen MR) is 74.6 cm³/mol. The zero-order chi connectivity index (χ0) is 14.4. The van der Waals surface area contributed by atoms with Crippen LogP contribution in [0, 0.1) is 0 Å². The van der Waals surface area contributed by atoms with E-state index in [1.54, 1.807) is 0 Å². The molecular formula is C14H18N4O2. The molecule has 1 aromatic heterocycles. The average Bonchev–Trinajstić information content (AvgIpc) is 2.97. The second kappa shape index (κ2) is 6.81. The van der Waals surface area contributed by atoms with Crippen LogP contribution in [0.4, 0.5) is 0 Å². The van der Waals surface area contributed by atoms with Crippen LogP contribution < -0.4 is 5.32 Å². The number of carbonyl (C=O) groups excluding carboxylic acids is 1. The Labute approximate surface area is 117 Å². The summed E-state index contributed by atoms with van der Waals surface area (Å²) in [5.41, 5.74) is 1.07. The molecule has 6 heteroatoms. The van der Waals surface area contributed by atoms with E-state index in [1.165, 1.54) is 11.0 Å². The number of nitrogens with one attached hydrogen (secondary N) is 1. The maximum atomic E-state index is 12.0. The van der Waals surface area contributed by atoms with Crippen LogP contribution in [0.15, 0.2) is 36.5 Å². The van der Waals surface area contributed by atoms with Crippen molar-refractivity contribution in [2.75, 3.05) is 6.61 Å². The molecule has 0 bridgehead atoms. The summed E-state index contributed by atoms with van der Waals surface area (Å²) in [6.45, 7) is 2.01. The number of aliphatic hydroxyl groups is 1. The number of carbonyl (C=O) groups is 1. The van der Waals surface area contributed by atoms with Crippen molar-refractivity contribution in [3.63, 3.8) is 0 Å². The van der Waals surface area contributed by atoms with Gasteiger partial charge in [0.25, 0.3) is 5.91 Å². The van der Waals surface area contributed by atoms with Crippen LogP contribution in [0.25, 0.3) is 5.69 Å². The minimum absolute atomic E-state index is 0.0469. The third-order valence-corrected chi connectivity index (χ3v) is 3.02. The van der Waals surface area contributed by atoms with Crippen molar-refractivity contribution in [1.29, 1.82) is 0 Å². The Balaban J connectivity index is 2.07. The normalized spacial score (nSPS) is 12.1. The number of hydrogen-bond acceptors (Lipinski definition) is 4. The number of aliphatic hydroxyl groups excluding tert-OH is 1. The van der Waals surface area contributed by atoms with Gasteiger partial charge in [-0.1, -0.05) is 25.1 Å². The number of amides is 1. The van der Waals surface area contributed by atoms with Crippen LogP contribution in [-0.4, -0.2) is 38.7 Å². The molecule has 1 unspecified atom stereocenters. The molecule has 1 heterocycles. The first-order valence-electron chi connectivity index (χ1n) is 6.64. The van der Waals surface area contributed by atoms with Gasteiger partial charge in [-0.05, 0) is 25.0 Å². The van der Waals surface area contributed by atoms with Crippen LogP contribution in [0.3, 0.4) is 0 Å². The molecule has 0 aliphatic rings. The van der Waals surface area contributed by atoms with Crippen LogP contribution >= 0.6 is 0 Å². The summed E-state index contributed by atoms with van der Waals surface area (Å²) in [7, 11) is 0. The summed E-state index contributed by atoms with van der Waals surface area (Å²) in [6, 6.07) is 9.35. The minimum atomic E-state index is -0.271. The Morgan fingerprint density at radius 3 is 2.80 bits per heavy atom. The lowest BCUT2D eigenvalue weighted by molar-refractivity contribution is 0.0923. The fourth-order valence-corrected chi connectivity index (χ4v) is 1.85. The summed E-state index contributed by atoms with van der Waals surface area (Å²) in [5, 5.41) is 20.0. The Morgan fingerprint density at radius 1 is 1.40 bits per heavy atom. The van der Waals surface area contributed by atoms with Gasteiger partial charge in [-0.2, -0.15) is 9.90 Å². The molecule has 1 atom stereocenters. The first kappa shape index (κ1) is 14.2. The van der Waals surface area contributed by atoms with Crippen molar-refractivity contribution in [2.24, 2.45) is 0 Å². The van der Waals surface area contributed by atoms with E-state index in [-0.39, 0.29) is 24.2 Å². The van der Waals surface area contributed by atoms with Crippen molar-refractivity contribution < 1.29 is 9.90 Å². The van der Waals surface area contributed by atoms with E-state index >= 15 is 0 Å². The second-order valence-corrected chi connectivity index (χ2v) is 4.45. The third-order valence-electron chi connectivity index (χ3n) is 3.02. The maximum Gasteiger partial charge on any atom is 0.273 e. The summed E-state index contributed by atoms with van der Waals surface area (Å²) >= 11 is 0. The first-order valence-corrected chi connectivity index (χ1v) is 6.64. The first-order chi connectivity index (χ1) is 9.74. The summed E-state index contributed by atoms with van der Waals surface area (Å²) in [6.07, 6.45) is 2.74. The second-order valence-electron chi connectivity index (χ2n) is 4.45. The third kappa shape index (κ3) is 3.42. The fourth-order valence-electron chi connectivity index (χ4n) is 1.85. The van der Waals surface area contributed by atoms with Crippen molar-refractivity contribution in [1.82, 2.24) is 20.3 Å². The minimum Gasteiger partial charge on any atom is -0.396 e. The number of nitrogens with zero attached hydrogens (tertiary/aromatic N) is 3. The number of hydrogen-bond donors (Lipinski definition) is 2. The lowest BCUT2D eigenvalue weighted by Gasteiger charge is -2.14. The molecule has 106 valence electrons. The molecule has 6 nitrogen and oxygen atoms in total. The summed E-state index contributed by atoms with van der Waals surface area (Å²) in [4.78, 5) is 13.4. The zero-order valence-electron chi connectivity index (χ0n) is 11.4. The van der Waals surface area contributed by atoms with Gasteiger partial charge >= 0.3 is 0 Å². The zero-order valence-corrected chi connectivity index (χ0v) is 11.4. The average molecular weight is 274 g/mol. The highest BCUT2D eigenvalue weighted by molar-refractivity contribution is 5.92. The number of aromatic nitrogens is 3. The van der Waals surface area contributed by atoms with Crippen molar-refractivity contribution in [2.45, 2.75) is 25.8 Å². The number of rotatable bonds is 6. The van der Waals surface area contributed by atoms with Gasteiger partial charge in [0.2, 0.25) is 0 Å². The Morgan fingerprint density at radius 2 is 2.15 bits per heavy atom. The highest BCUT2D eigenvalue weighted by atomic mass is 16.3. The number of para-hydroxylation sites is 1. The Kier molecular flexibility index (Phi) is 4.84. The van der Waals surface area contributed by atoms with Gasteiger partial charge in [-0.25, -0.2) is 0 Å². The van der Waals surface area contributed by atoms with Gasteiger partial charge in [0.1, 0.15) is 0 Å². The van der Waals surface area contributed by atoms with E-state index in [4.69, 9.17) is 5.11 Å². The van der Waals surface area contributed by atoms with E-state index in [2.05, 4.69) is 15.5 Å². The van der Waals surface area contributed by atoms with Crippen molar-refractivity contribution in [3.8, 4) is 5.69 Å². The maximum absolute atomic E-state index is 12.0. The van der Waals surface area contributed by atoms with Gasteiger partial charge < -0.3 is 10.4 Å². The molecule has 0 fully saturated rings. The molecule has 1 amide bonds. The van der Waals surface area contributed by atoms with Crippen LogP contribution in [0.5, 0.6) is 0 Å². The quantitative estimate of drug-likeness (QED) is 0.828. The van der Waals surface area contributed by atoms with Gasteiger partial charge in [-0.15, -0.1) is 5.10 Å². The largest absolute Gasteiger partial charge is 0.396 e. The number of benzene rings is 1. The molecule has 0 saturated heterocycles. The molecule has 2 N–H and O–H groups in total. The Hall–Kier alpha value is -2.21. The smallest absolute Gasteiger partial charge is 0.273 e. The summed E-state index contributed by atoms with van der Waals surface area (Å²) in [5.74, 6) is -0.271. The standard InChI is InChI=1S/C14H18N4O2/c1-2-11(8-9-19)16-14(20)13-10-15-18(17-13)12-6-4-3-5-7-12/h3-7,10-11,19H,2,8-9H2,1H3,(H,16,20). The van der Waals surface area contributed by atoms with E-state index in [1.807, 2.05) is 37.3 Å². The highest BCUT2D eigenvalue weighted by Gasteiger charge is 2.15. The molecule has 2 aromatic rings. The molecule has 1 aromatic carbocycles. The van der Waals surface area contributed by atoms with E-state index < -0.39 is 0 Å².